The van der Waals surface area contributed by atoms with E-state index < -0.39 is 25.3 Å². The highest BCUT2D eigenvalue weighted by Crippen LogP contribution is 1.85. The van der Waals surface area contributed by atoms with E-state index in [1.54, 1.807) is 6.92 Å². The molecule has 0 aliphatic rings. The molecule has 0 aromatic carbocycles. The van der Waals surface area contributed by atoms with Gasteiger partial charge in [-0.05, 0) is 0 Å². The molecule has 0 rings (SSSR count). The van der Waals surface area contributed by atoms with Crippen molar-refractivity contribution in [3.63, 3.8) is 0 Å². The van der Waals surface area contributed by atoms with Gasteiger partial charge in [0.2, 0.25) is 6.79 Å². The Hall–Kier alpha value is -1.10. The number of ether oxygens (including phenoxy) is 2. The van der Waals surface area contributed by atoms with Crippen molar-refractivity contribution < 1.29 is 24.2 Å². The second-order valence-electron chi connectivity index (χ2n) is 1.66. The van der Waals surface area contributed by atoms with Gasteiger partial charge in [0.05, 0.1) is 0 Å². The normalized spacial score (nSPS) is 8.91. The number of hydrogen-bond donors (Lipinski definition) is 1. The Morgan fingerprint density at radius 1 is 1.27 bits per heavy atom. The first-order chi connectivity index (χ1) is 5.20. The summed E-state index contributed by atoms with van der Waals surface area (Å²) in [5.74, 6) is -1.26. The van der Waals surface area contributed by atoms with E-state index in [0.29, 0.717) is 0 Å². The van der Waals surface area contributed by atoms with Gasteiger partial charge < -0.3 is 14.6 Å². The predicted octanol–water partition coefficient (Wildman–Crippen LogP) is -0.567. The van der Waals surface area contributed by atoms with Gasteiger partial charge in [-0.1, -0.05) is 6.92 Å². The summed E-state index contributed by atoms with van der Waals surface area (Å²) in [7, 11) is 0. The van der Waals surface area contributed by atoms with Gasteiger partial charge in [0, 0.05) is 6.42 Å². The highest BCUT2D eigenvalue weighted by Gasteiger charge is 2.01. The van der Waals surface area contributed by atoms with E-state index >= 15 is 0 Å². The second-order valence-corrected chi connectivity index (χ2v) is 1.66. The summed E-state index contributed by atoms with van der Waals surface area (Å²) >= 11 is 0. The number of carbonyl (C=O) groups excluding carboxylic acids is 2. The molecule has 0 aliphatic heterocycles. The van der Waals surface area contributed by atoms with Crippen LogP contribution in [0.25, 0.3) is 0 Å². The Kier molecular flexibility index (Phi) is 5.10. The molecule has 0 unspecified atom stereocenters. The summed E-state index contributed by atoms with van der Waals surface area (Å²) in [5.41, 5.74) is 0. The van der Waals surface area contributed by atoms with Crippen molar-refractivity contribution in [2.75, 3.05) is 13.4 Å². The molecule has 0 aromatic heterocycles. The molecular formula is C6H10O5. The fourth-order valence-electron chi connectivity index (χ4n) is 0.309. The number of aliphatic hydroxyl groups is 1. The minimum Gasteiger partial charge on any atom is -0.428 e. The third-order valence-electron chi connectivity index (χ3n) is 0.858. The first kappa shape index (κ1) is 9.90. The summed E-state index contributed by atoms with van der Waals surface area (Å²) in [6.45, 7) is 0.492. The van der Waals surface area contributed by atoms with E-state index in [1.807, 2.05) is 0 Å². The third-order valence-corrected chi connectivity index (χ3v) is 0.858. The molecule has 0 bridgehead atoms. The van der Waals surface area contributed by atoms with Crippen LogP contribution in [0.5, 0.6) is 0 Å². The molecule has 11 heavy (non-hydrogen) atoms. The first-order valence-electron chi connectivity index (χ1n) is 3.12. The van der Waals surface area contributed by atoms with Crippen LogP contribution in [0, 0.1) is 0 Å². The first-order valence-corrected chi connectivity index (χ1v) is 3.12. The number of carbonyl (C=O) groups is 2. The van der Waals surface area contributed by atoms with Gasteiger partial charge in [-0.25, -0.2) is 4.79 Å². The average molecular weight is 162 g/mol. The zero-order valence-electron chi connectivity index (χ0n) is 6.20. The standard InChI is InChI=1S/C6H10O5/c1-2-5(8)10-4-11-6(9)3-7/h7H,2-4H2,1H3. The van der Waals surface area contributed by atoms with E-state index in [-0.39, 0.29) is 6.42 Å². The molecule has 5 heteroatoms. The molecule has 0 spiro atoms. The van der Waals surface area contributed by atoms with Gasteiger partial charge >= 0.3 is 11.9 Å². The largest absolute Gasteiger partial charge is 0.428 e. The number of hydrogen-bond acceptors (Lipinski definition) is 5. The summed E-state index contributed by atoms with van der Waals surface area (Å²) < 4.78 is 8.60. The molecule has 0 saturated carbocycles. The van der Waals surface area contributed by atoms with Gasteiger partial charge in [-0.2, -0.15) is 0 Å². The lowest BCUT2D eigenvalue weighted by atomic mass is 10.5. The Labute approximate surface area is 63.9 Å². The van der Waals surface area contributed by atoms with E-state index in [2.05, 4.69) is 9.47 Å². The van der Waals surface area contributed by atoms with Crippen molar-refractivity contribution in [1.82, 2.24) is 0 Å². The summed E-state index contributed by atoms with van der Waals surface area (Å²) in [6.07, 6.45) is 0.233. The zero-order valence-corrected chi connectivity index (χ0v) is 6.20. The average Bonchev–Trinajstić information content (AvgIpc) is 2.04. The van der Waals surface area contributed by atoms with Crippen molar-refractivity contribution in [2.24, 2.45) is 0 Å². The summed E-state index contributed by atoms with van der Waals surface area (Å²) in [5, 5.41) is 8.14. The van der Waals surface area contributed by atoms with Crippen LogP contribution in [0.4, 0.5) is 0 Å². The molecule has 0 radical (unpaired) electrons. The van der Waals surface area contributed by atoms with Crippen LogP contribution in [0.15, 0.2) is 0 Å². The lowest BCUT2D eigenvalue weighted by molar-refractivity contribution is -0.168. The van der Waals surface area contributed by atoms with Gasteiger partial charge in [0.25, 0.3) is 0 Å². The second kappa shape index (κ2) is 5.67. The van der Waals surface area contributed by atoms with Crippen LogP contribution in [0.3, 0.4) is 0 Å². The Morgan fingerprint density at radius 2 is 1.82 bits per heavy atom. The molecular weight excluding hydrogens is 152 g/mol. The van der Waals surface area contributed by atoms with E-state index in [0.717, 1.165) is 0 Å². The van der Waals surface area contributed by atoms with Crippen LogP contribution in [0.2, 0.25) is 0 Å². The van der Waals surface area contributed by atoms with Crippen molar-refractivity contribution in [3.05, 3.63) is 0 Å². The van der Waals surface area contributed by atoms with Crippen molar-refractivity contribution in [1.29, 1.82) is 0 Å². The molecule has 0 atom stereocenters. The summed E-state index contributed by atoms with van der Waals surface area (Å²) in [4.78, 5) is 20.6. The van der Waals surface area contributed by atoms with Crippen LogP contribution < -0.4 is 0 Å². The van der Waals surface area contributed by atoms with Gasteiger partial charge in [-0.3, -0.25) is 4.79 Å². The highest BCUT2D eigenvalue weighted by molar-refractivity contribution is 5.71. The molecule has 0 aliphatic carbocycles. The smallest absolute Gasteiger partial charge is 0.334 e. The summed E-state index contributed by atoms with van der Waals surface area (Å²) in [6, 6.07) is 0. The predicted molar refractivity (Wildman–Crippen MR) is 34.4 cm³/mol. The lowest BCUT2D eigenvalue weighted by Crippen LogP contribution is -2.14. The monoisotopic (exact) mass is 162 g/mol. The molecule has 64 valence electrons. The highest BCUT2D eigenvalue weighted by atomic mass is 16.7. The van der Waals surface area contributed by atoms with Crippen molar-refractivity contribution in [2.45, 2.75) is 13.3 Å². The van der Waals surface area contributed by atoms with E-state index in [1.165, 1.54) is 0 Å². The molecule has 0 aromatic rings. The number of aliphatic hydroxyl groups excluding tert-OH is 1. The van der Waals surface area contributed by atoms with Crippen LogP contribution >= 0.6 is 0 Å². The van der Waals surface area contributed by atoms with Crippen molar-refractivity contribution >= 4 is 11.9 Å². The number of esters is 2. The van der Waals surface area contributed by atoms with Gasteiger partial charge in [0.1, 0.15) is 6.61 Å². The van der Waals surface area contributed by atoms with E-state index in [9.17, 15) is 9.59 Å². The molecule has 0 heterocycles. The lowest BCUT2D eigenvalue weighted by Gasteiger charge is -2.02. The van der Waals surface area contributed by atoms with Crippen LogP contribution in [-0.2, 0) is 19.1 Å². The molecule has 0 amide bonds. The molecule has 0 saturated heterocycles. The van der Waals surface area contributed by atoms with Crippen LogP contribution in [-0.4, -0.2) is 30.4 Å². The minimum absolute atomic E-state index is 0.233. The van der Waals surface area contributed by atoms with Gasteiger partial charge in [0.15, 0.2) is 0 Å². The topological polar surface area (TPSA) is 72.8 Å². The SMILES string of the molecule is CCC(=O)OCOC(=O)CO. The maximum Gasteiger partial charge on any atom is 0.334 e. The maximum atomic E-state index is 10.4. The van der Waals surface area contributed by atoms with Crippen molar-refractivity contribution in [3.8, 4) is 0 Å². The molecule has 1 N–H and O–H groups in total. The fraction of sp³-hybridized carbons (Fsp3) is 0.667. The number of rotatable bonds is 4. The Bertz CT molecular complexity index is 126. The zero-order chi connectivity index (χ0) is 8.69. The fourth-order valence-corrected chi connectivity index (χ4v) is 0.309. The molecule has 5 nitrogen and oxygen atoms in total. The Morgan fingerprint density at radius 3 is 2.27 bits per heavy atom. The van der Waals surface area contributed by atoms with Gasteiger partial charge in [-0.15, -0.1) is 0 Å². The Balaban J connectivity index is 3.27. The third kappa shape index (κ3) is 5.35. The quantitative estimate of drug-likeness (QED) is 0.442. The van der Waals surface area contributed by atoms with Crippen LogP contribution in [0.1, 0.15) is 13.3 Å². The van der Waals surface area contributed by atoms with E-state index in [4.69, 9.17) is 5.11 Å². The molecule has 0 fully saturated rings. The maximum absolute atomic E-state index is 10.4. The minimum atomic E-state index is -0.811.